The van der Waals surface area contributed by atoms with E-state index in [2.05, 4.69) is 4.99 Å². The zero-order valence-corrected chi connectivity index (χ0v) is 18.9. The van der Waals surface area contributed by atoms with E-state index < -0.39 is 54.3 Å². The van der Waals surface area contributed by atoms with E-state index in [0.29, 0.717) is 29.6 Å². The van der Waals surface area contributed by atoms with Crippen LogP contribution in [0.1, 0.15) is 54.0 Å². The summed E-state index contributed by atoms with van der Waals surface area (Å²) in [7, 11) is 0. The SMILES string of the molecule is CC(C)(C)C1=NC(C)(C(C)(C)C)N=C1Sc1c([N+](=O)[O-])cc(C(F)(F)F)cc1[N+](=O)[O-]. The van der Waals surface area contributed by atoms with E-state index in [1.807, 2.05) is 41.5 Å². The molecule has 0 saturated heterocycles. The van der Waals surface area contributed by atoms with E-state index in [9.17, 15) is 33.4 Å². The van der Waals surface area contributed by atoms with Gasteiger partial charge in [-0.15, -0.1) is 0 Å². The molecule has 8 nitrogen and oxygen atoms in total. The Labute approximate surface area is 181 Å². The summed E-state index contributed by atoms with van der Waals surface area (Å²) in [5.41, 5.74) is -4.98. The highest BCUT2D eigenvalue weighted by atomic mass is 32.2. The third-order valence-corrected chi connectivity index (χ3v) is 6.05. The van der Waals surface area contributed by atoms with Gasteiger partial charge in [0.25, 0.3) is 11.4 Å². The molecule has 12 heteroatoms. The summed E-state index contributed by atoms with van der Waals surface area (Å²) in [6.45, 7) is 13.0. The second-order valence-electron chi connectivity index (χ2n) is 9.36. The molecule has 1 unspecified atom stereocenters. The highest BCUT2D eigenvalue weighted by Crippen LogP contribution is 2.47. The van der Waals surface area contributed by atoms with Gasteiger partial charge in [0.15, 0.2) is 10.6 Å². The molecule has 2 rings (SSSR count). The van der Waals surface area contributed by atoms with Crippen LogP contribution in [0.5, 0.6) is 0 Å². The van der Waals surface area contributed by atoms with Crippen molar-refractivity contribution >= 4 is 33.9 Å². The molecule has 0 aromatic heterocycles. The first-order valence-electron chi connectivity index (χ1n) is 9.20. The second kappa shape index (κ2) is 7.57. The lowest BCUT2D eigenvalue weighted by molar-refractivity contribution is -0.400. The van der Waals surface area contributed by atoms with Gasteiger partial charge in [-0.2, -0.15) is 13.2 Å². The minimum absolute atomic E-state index is 0.205. The molecule has 0 aliphatic carbocycles. The minimum atomic E-state index is -4.98. The zero-order valence-electron chi connectivity index (χ0n) is 18.1. The van der Waals surface area contributed by atoms with Crippen LogP contribution >= 0.6 is 11.8 Å². The van der Waals surface area contributed by atoms with Crippen LogP contribution in [0.4, 0.5) is 24.5 Å². The maximum absolute atomic E-state index is 13.2. The van der Waals surface area contributed by atoms with Gasteiger partial charge < -0.3 is 0 Å². The average Bonchev–Trinajstić information content (AvgIpc) is 2.91. The van der Waals surface area contributed by atoms with Gasteiger partial charge in [-0.1, -0.05) is 53.3 Å². The molecule has 1 aromatic carbocycles. The molecule has 1 heterocycles. The molecule has 1 aliphatic rings. The van der Waals surface area contributed by atoms with Crippen LogP contribution in [0.15, 0.2) is 27.0 Å². The van der Waals surface area contributed by atoms with Crippen molar-refractivity contribution in [2.45, 2.75) is 65.2 Å². The van der Waals surface area contributed by atoms with E-state index >= 15 is 0 Å². The van der Waals surface area contributed by atoms with Crippen LogP contribution in [0.3, 0.4) is 0 Å². The Kier molecular flexibility index (Phi) is 6.05. The summed E-state index contributed by atoms with van der Waals surface area (Å²) < 4.78 is 39.5. The Morgan fingerprint density at radius 1 is 0.935 bits per heavy atom. The van der Waals surface area contributed by atoms with Gasteiger partial charge in [-0.05, 0) is 6.92 Å². The topological polar surface area (TPSA) is 111 Å². The minimum Gasteiger partial charge on any atom is -0.258 e. The fourth-order valence-electron chi connectivity index (χ4n) is 2.67. The number of nitro benzene ring substituents is 2. The molecule has 1 aliphatic heterocycles. The number of nitrogens with zero attached hydrogens (tertiary/aromatic N) is 4. The smallest absolute Gasteiger partial charge is 0.258 e. The van der Waals surface area contributed by atoms with Crippen LogP contribution in [0, 0.1) is 31.1 Å². The molecular weight excluding hydrogens is 437 g/mol. The largest absolute Gasteiger partial charge is 0.416 e. The first-order chi connectivity index (χ1) is 13.8. The quantitative estimate of drug-likeness (QED) is 0.389. The van der Waals surface area contributed by atoms with Crippen molar-refractivity contribution < 1.29 is 23.0 Å². The first-order valence-corrected chi connectivity index (χ1v) is 10.0. The van der Waals surface area contributed by atoms with Gasteiger partial charge in [0.05, 0.1) is 21.1 Å². The van der Waals surface area contributed by atoms with Crippen LogP contribution in [0.2, 0.25) is 0 Å². The van der Waals surface area contributed by atoms with E-state index in [-0.39, 0.29) is 5.04 Å². The van der Waals surface area contributed by atoms with Gasteiger partial charge in [0.1, 0.15) is 5.04 Å². The number of benzene rings is 1. The predicted octanol–water partition coefficient (Wildman–Crippen LogP) is 6.28. The van der Waals surface area contributed by atoms with Crippen molar-refractivity contribution in [1.29, 1.82) is 0 Å². The number of halogens is 3. The predicted molar refractivity (Wildman–Crippen MR) is 113 cm³/mol. The first kappa shape index (κ1) is 24.8. The highest BCUT2D eigenvalue weighted by molar-refractivity contribution is 8.16. The lowest BCUT2D eigenvalue weighted by Gasteiger charge is -2.33. The lowest BCUT2D eigenvalue weighted by Crippen LogP contribution is -2.35. The highest BCUT2D eigenvalue weighted by Gasteiger charge is 2.46. The average molecular weight is 460 g/mol. The standard InChI is InChI=1S/C19H23F3N4O4S/c1-16(2,3)14-15(24-18(7,23-14)17(4,5)6)31-13-11(25(27)28)8-10(19(20,21)22)9-12(13)26(29)30/h8-9H,1-7H3. The number of rotatable bonds is 3. The number of aliphatic imine (C=N–C) groups is 2. The monoisotopic (exact) mass is 460 g/mol. The number of alkyl halides is 3. The van der Waals surface area contributed by atoms with Crippen LogP contribution in [-0.4, -0.2) is 26.3 Å². The van der Waals surface area contributed by atoms with Gasteiger partial charge in [0, 0.05) is 23.0 Å². The van der Waals surface area contributed by atoms with Gasteiger partial charge in [0.2, 0.25) is 0 Å². The maximum atomic E-state index is 13.2. The molecule has 170 valence electrons. The van der Waals surface area contributed by atoms with E-state index in [1.165, 1.54) is 0 Å². The van der Waals surface area contributed by atoms with Crippen molar-refractivity contribution in [2.75, 3.05) is 0 Å². The van der Waals surface area contributed by atoms with Crippen molar-refractivity contribution in [3.63, 3.8) is 0 Å². The third-order valence-electron chi connectivity index (χ3n) is 4.95. The molecule has 0 amide bonds. The molecule has 0 spiro atoms. The van der Waals surface area contributed by atoms with Crippen molar-refractivity contribution in [2.24, 2.45) is 20.8 Å². The van der Waals surface area contributed by atoms with Crippen molar-refractivity contribution in [3.8, 4) is 0 Å². The second-order valence-corrected chi connectivity index (χ2v) is 10.4. The van der Waals surface area contributed by atoms with Crippen LogP contribution < -0.4 is 0 Å². The number of hydrogen-bond donors (Lipinski definition) is 0. The normalized spacial score (nSPS) is 19.8. The van der Waals surface area contributed by atoms with Crippen LogP contribution in [-0.2, 0) is 6.18 Å². The summed E-state index contributed by atoms with van der Waals surface area (Å²) in [4.78, 5) is 29.8. The Hall–Kier alpha value is -2.50. The summed E-state index contributed by atoms with van der Waals surface area (Å²) in [5, 5.41) is 23.3. The number of thioether (sulfide) groups is 1. The molecule has 0 radical (unpaired) electrons. The third kappa shape index (κ3) is 4.89. The maximum Gasteiger partial charge on any atom is 0.416 e. The van der Waals surface area contributed by atoms with Crippen molar-refractivity contribution in [3.05, 3.63) is 37.9 Å². The van der Waals surface area contributed by atoms with Crippen molar-refractivity contribution in [1.82, 2.24) is 0 Å². The Morgan fingerprint density at radius 3 is 1.71 bits per heavy atom. The zero-order chi connectivity index (χ0) is 24.2. The van der Waals surface area contributed by atoms with Gasteiger partial charge in [-0.3, -0.25) is 25.2 Å². The molecule has 0 fully saturated rings. The number of hydrogen-bond acceptors (Lipinski definition) is 7. The molecule has 1 atom stereocenters. The molecule has 1 aromatic rings. The fraction of sp³-hybridized carbons (Fsp3) is 0.579. The molecule has 31 heavy (non-hydrogen) atoms. The number of nitro groups is 2. The molecule has 0 N–H and O–H groups in total. The van der Waals surface area contributed by atoms with Gasteiger partial charge in [-0.25, -0.2) is 4.99 Å². The van der Waals surface area contributed by atoms with E-state index in [4.69, 9.17) is 4.99 Å². The summed E-state index contributed by atoms with van der Waals surface area (Å²) in [6, 6.07) is 0.614. The Morgan fingerprint density at radius 2 is 1.39 bits per heavy atom. The Bertz CT molecular complexity index is 972. The molecule has 0 saturated carbocycles. The summed E-state index contributed by atoms with van der Waals surface area (Å²) in [5.74, 6) is 0. The summed E-state index contributed by atoms with van der Waals surface area (Å²) >= 11 is 0.602. The summed E-state index contributed by atoms with van der Waals surface area (Å²) in [6.07, 6.45) is -4.98. The fourth-order valence-corrected chi connectivity index (χ4v) is 4.01. The van der Waals surface area contributed by atoms with Crippen LogP contribution in [0.25, 0.3) is 0 Å². The lowest BCUT2D eigenvalue weighted by atomic mass is 9.82. The molecule has 0 bridgehead atoms. The van der Waals surface area contributed by atoms with E-state index in [1.54, 1.807) is 6.92 Å². The van der Waals surface area contributed by atoms with Gasteiger partial charge >= 0.3 is 6.18 Å². The Balaban J connectivity index is 2.77. The van der Waals surface area contributed by atoms with E-state index in [0.717, 1.165) is 0 Å². The molecular formula is C19H23F3N4O4S.